The van der Waals surface area contributed by atoms with Crippen LogP contribution in [0.5, 0.6) is 0 Å². The molecule has 1 heterocycles. The first-order valence-corrected chi connectivity index (χ1v) is 7.80. The summed E-state index contributed by atoms with van der Waals surface area (Å²) in [6, 6.07) is 10.7. The quantitative estimate of drug-likeness (QED) is 0.880. The summed E-state index contributed by atoms with van der Waals surface area (Å²) in [4.78, 5) is 2.63. The Hall–Kier alpha value is -0.860. The van der Waals surface area contributed by atoms with Crippen molar-refractivity contribution in [2.24, 2.45) is 11.7 Å². The van der Waals surface area contributed by atoms with Gasteiger partial charge in [0, 0.05) is 19.0 Å². The lowest BCUT2D eigenvalue weighted by Crippen LogP contribution is -2.32. The van der Waals surface area contributed by atoms with Crippen LogP contribution in [0.2, 0.25) is 0 Å². The van der Waals surface area contributed by atoms with Crippen LogP contribution in [0.3, 0.4) is 0 Å². The fourth-order valence-electron chi connectivity index (χ4n) is 3.17. The van der Waals surface area contributed by atoms with E-state index in [-0.39, 0.29) is 0 Å². The van der Waals surface area contributed by atoms with Gasteiger partial charge < -0.3 is 10.6 Å². The molecule has 2 N–H and O–H groups in total. The summed E-state index contributed by atoms with van der Waals surface area (Å²) < 4.78 is 0. The summed E-state index contributed by atoms with van der Waals surface area (Å²) in [7, 11) is 0. The van der Waals surface area contributed by atoms with E-state index in [9.17, 15) is 0 Å². The maximum Gasteiger partial charge on any atom is 0.00888 e. The second kappa shape index (κ2) is 7.66. The molecular formula is C17H28N2. The number of hydrogen-bond acceptors (Lipinski definition) is 2. The summed E-state index contributed by atoms with van der Waals surface area (Å²) in [5, 5.41) is 0. The third kappa shape index (κ3) is 4.32. The molecule has 106 valence electrons. The van der Waals surface area contributed by atoms with Gasteiger partial charge in [-0.1, -0.05) is 43.7 Å². The van der Waals surface area contributed by atoms with Gasteiger partial charge in [0.15, 0.2) is 0 Å². The van der Waals surface area contributed by atoms with Crippen LogP contribution in [0.15, 0.2) is 30.3 Å². The van der Waals surface area contributed by atoms with E-state index < -0.39 is 0 Å². The molecule has 1 aliphatic heterocycles. The smallest absolute Gasteiger partial charge is 0.00888 e. The van der Waals surface area contributed by atoms with Crippen molar-refractivity contribution in [3.05, 3.63) is 35.9 Å². The van der Waals surface area contributed by atoms with Crippen molar-refractivity contribution < 1.29 is 0 Å². The molecule has 2 heteroatoms. The molecule has 1 aliphatic rings. The number of likely N-dealkylation sites (tertiary alicyclic amines) is 1. The lowest BCUT2D eigenvalue weighted by Gasteiger charge is -2.26. The van der Waals surface area contributed by atoms with Crippen LogP contribution in [0.4, 0.5) is 0 Å². The summed E-state index contributed by atoms with van der Waals surface area (Å²) in [5.74, 6) is 1.43. The number of benzene rings is 1. The van der Waals surface area contributed by atoms with E-state index in [1.807, 2.05) is 0 Å². The number of nitrogens with two attached hydrogens (primary N) is 1. The molecule has 2 rings (SSSR count). The highest BCUT2D eigenvalue weighted by molar-refractivity contribution is 5.20. The molecule has 0 saturated carbocycles. The summed E-state index contributed by atoms with van der Waals surface area (Å²) in [5.41, 5.74) is 7.38. The molecule has 2 atom stereocenters. The van der Waals surface area contributed by atoms with Crippen LogP contribution in [0.1, 0.15) is 44.1 Å². The predicted molar refractivity (Wildman–Crippen MR) is 82.3 cm³/mol. The van der Waals surface area contributed by atoms with Crippen molar-refractivity contribution in [1.29, 1.82) is 0 Å². The minimum absolute atomic E-state index is 0.486. The van der Waals surface area contributed by atoms with Gasteiger partial charge in [-0.15, -0.1) is 0 Å². The van der Waals surface area contributed by atoms with Gasteiger partial charge in [-0.2, -0.15) is 0 Å². The zero-order valence-corrected chi connectivity index (χ0v) is 12.2. The first-order valence-electron chi connectivity index (χ1n) is 7.80. The molecule has 0 radical (unpaired) electrons. The molecule has 0 spiro atoms. The fourth-order valence-corrected chi connectivity index (χ4v) is 3.17. The SMILES string of the molecule is CCC1CCCN(CC(CN)c2ccccc2)CC1. The molecule has 0 amide bonds. The molecule has 1 saturated heterocycles. The van der Waals surface area contributed by atoms with Gasteiger partial charge in [0.2, 0.25) is 0 Å². The molecule has 1 fully saturated rings. The Morgan fingerprint density at radius 1 is 1.21 bits per heavy atom. The summed E-state index contributed by atoms with van der Waals surface area (Å²) >= 11 is 0. The molecule has 1 aromatic carbocycles. The average Bonchev–Trinajstić information content (AvgIpc) is 2.70. The number of nitrogens with zero attached hydrogens (tertiary/aromatic N) is 1. The molecule has 0 aliphatic carbocycles. The molecule has 0 bridgehead atoms. The Labute approximate surface area is 118 Å². The Balaban J connectivity index is 1.91. The number of hydrogen-bond donors (Lipinski definition) is 1. The van der Waals surface area contributed by atoms with E-state index in [0.717, 1.165) is 19.0 Å². The minimum Gasteiger partial charge on any atom is -0.330 e. The maximum absolute atomic E-state index is 5.99. The lowest BCUT2D eigenvalue weighted by molar-refractivity contribution is 0.263. The van der Waals surface area contributed by atoms with Gasteiger partial charge in [0.1, 0.15) is 0 Å². The normalized spacial score (nSPS) is 22.9. The highest BCUT2D eigenvalue weighted by atomic mass is 15.1. The summed E-state index contributed by atoms with van der Waals surface area (Å²) in [6.45, 7) is 6.70. The van der Waals surface area contributed by atoms with E-state index in [4.69, 9.17) is 5.73 Å². The predicted octanol–water partition coefficient (Wildman–Crippen LogP) is 3.24. The molecule has 1 aromatic rings. The zero-order valence-electron chi connectivity index (χ0n) is 12.2. The standard InChI is InChI=1S/C17H28N2/c1-2-15-7-6-11-19(12-10-15)14-17(13-18)16-8-4-3-5-9-16/h3-5,8-9,15,17H,2,6-7,10-14,18H2,1H3. The minimum atomic E-state index is 0.486. The van der Waals surface area contributed by atoms with Gasteiger partial charge in [0.25, 0.3) is 0 Å². The molecule has 19 heavy (non-hydrogen) atoms. The monoisotopic (exact) mass is 260 g/mol. The van der Waals surface area contributed by atoms with Crippen molar-refractivity contribution in [2.45, 2.75) is 38.5 Å². The van der Waals surface area contributed by atoms with Crippen LogP contribution in [-0.4, -0.2) is 31.1 Å². The first kappa shape index (κ1) is 14.5. The second-order valence-electron chi connectivity index (χ2n) is 5.85. The van der Waals surface area contributed by atoms with Crippen molar-refractivity contribution in [3.63, 3.8) is 0 Å². The Morgan fingerprint density at radius 3 is 2.68 bits per heavy atom. The van der Waals surface area contributed by atoms with Gasteiger partial charge in [0.05, 0.1) is 0 Å². The Bertz CT molecular complexity index is 350. The van der Waals surface area contributed by atoms with Gasteiger partial charge >= 0.3 is 0 Å². The Morgan fingerprint density at radius 2 is 2.00 bits per heavy atom. The maximum atomic E-state index is 5.99. The van der Waals surface area contributed by atoms with E-state index in [1.165, 1.54) is 44.3 Å². The fraction of sp³-hybridized carbons (Fsp3) is 0.647. The van der Waals surface area contributed by atoms with E-state index >= 15 is 0 Å². The van der Waals surface area contributed by atoms with Crippen LogP contribution in [-0.2, 0) is 0 Å². The van der Waals surface area contributed by atoms with Gasteiger partial charge in [-0.05, 0) is 43.8 Å². The topological polar surface area (TPSA) is 29.3 Å². The van der Waals surface area contributed by atoms with Crippen molar-refractivity contribution >= 4 is 0 Å². The lowest BCUT2D eigenvalue weighted by atomic mass is 9.98. The molecule has 2 unspecified atom stereocenters. The first-order chi connectivity index (χ1) is 9.33. The average molecular weight is 260 g/mol. The van der Waals surface area contributed by atoms with Gasteiger partial charge in [-0.3, -0.25) is 0 Å². The second-order valence-corrected chi connectivity index (χ2v) is 5.85. The third-order valence-corrected chi connectivity index (χ3v) is 4.55. The van der Waals surface area contributed by atoms with Crippen LogP contribution >= 0.6 is 0 Å². The Kier molecular flexibility index (Phi) is 5.87. The molecule has 0 aromatic heterocycles. The van der Waals surface area contributed by atoms with Crippen LogP contribution in [0, 0.1) is 5.92 Å². The summed E-state index contributed by atoms with van der Waals surface area (Å²) in [6.07, 6.45) is 5.46. The van der Waals surface area contributed by atoms with E-state index in [1.54, 1.807) is 0 Å². The van der Waals surface area contributed by atoms with E-state index in [0.29, 0.717) is 5.92 Å². The zero-order chi connectivity index (χ0) is 13.5. The highest BCUT2D eigenvalue weighted by Crippen LogP contribution is 2.22. The van der Waals surface area contributed by atoms with Crippen LogP contribution < -0.4 is 5.73 Å². The largest absolute Gasteiger partial charge is 0.330 e. The highest BCUT2D eigenvalue weighted by Gasteiger charge is 2.19. The van der Waals surface area contributed by atoms with E-state index in [2.05, 4.69) is 42.2 Å². The van der Waals surface area contributed by atoms with Crippen molar-refractivity contribution in [3.8, 4) is 0 Å². The van der Waals surface area contributed by atoms with Crippen LogP contribution in [0.25, 0.3) is 0 Å². The molecule has 2 nitrogen and oxygen atoms in total. The number of rotatable bonds is 5. The van der Waals surface area contributed by atoms with Crippen molar-refractivity contribution in [2.75, 3.05) is 26.2 Å². The molecular weight excluding hydrogens is 232 g/mol. The van der Waals surface area contributed by atoms with Gasteiger partial charge in [-0.25, -0.2) is 0 Å². The third-order valence-electron chi connectivity index (χ3n) is 4.55. The van der Waals surface area contributed by atoms with Crippen molar-refractivity contribution in [1.82, 2.24) is 4.90 Å².